The van der Waals surface area contributed by atoms with Gasteiger partial charge >= 0.3 is 0 Å². The van der Waals surface area contributed by atoms with Gasteiger partial charge in [-0.1, -0.05) is 19.9 Å². The third-order valence-corrected chi connectivity index (χ3v) is 2.83. The van der Waals surface area contributed by atoms with Crippen molar-refractivity contribution in [1.82, 2.24) is 5.32 Å². The number of methoxy groups -OCH3 is 1. The highest BCUT2D eigenvalue weighted by Gasteiger charge is 2.16. The lowest BCUT2D eigenvalue weighted by atomic mass is 9.88. The van der Waals surface area contributed by atoms with Gasteiger partial charge in [-0.15, -0.1) is 0 Å². The minimum Gasteiger partial charge on any atom is -0.494 e. The Morgan fingerprint density at radius 3 is 2.50 bits per heavy atom. The highest BCUT2D eigenvalue weighted by Crippen LogP contribution is 2.27. The van der Waals surface area contributed by atoms with Crippen molar-refractivity contribution in [3.63, 3.8) is 0 Å². The second-order valence-electron chi connectivity index (χ2n) is 4.30. The molecule has 0 heterocycles. The number of nitrogens with one attached hydrogen (secondary N) is 1. The van der Waals surface area contributed by atoms with E-state index in [9.17, 15) is 4.39 Å². The molecule has 0 aliphatic carbocycles. The van der Waals surface area contributed by atoms with Gasteiger partial charge in [-0.2, -0.15) is 0 Å². The van der Waals surface area contributed by atoms with Crippen LogP contribution in [0.25, 0.3) is 0 Å². The molecule has 0 fully saturated rings. The third-order valence-electron chi connectivity index (χ3n) is 2.83. The summed E-state index contributed by atoms with van der Waals surface area (Å²) in [6.07, 6.45) is 0. The van der Waals surface area contributed by atoms with Gasteiger partial charge in [0.25, 0.3) is 0 Å². The first-order valence-electron chi connectivity index (χ1n) is 5.58. The van der Waals surface area contributed by atoms with Gasteiger partial charge < -0.3 is 10.1 Å². The molecule has 90 valence electrons. The molecule has 0 aliphatic rings. The zero-order chi connectivity index (χ0) is 12.1. The average molecular weight is 225 g/mol. The molecule has 0 saturated carbocycles. The van der Waals surface area contributed by atoms with Crippen LogP contribution in [0.15, 0.2) is 18.2 Å². The van der Waals surface area contributed by atoms with Crippen molar-refractivity contribution >= 4 is 0 Å². The van der Waals surface area contributed by atoms with Gasteiger partial charge in [0.05, 0.1) is 7.11 Å². The summed E-state index contributed by atoms with van der Waals surface area (Å²) in [7, 11) is 3.39. The molecule has 0 aromatic heterocycles. The highest BCUT2D eigenvalue weighted by molar-refractivity contribution is 5.31. The summed E-state index contributed by atoms with van der Waals surface area (Å²) in [5, 5.41) is 3.14. The number of likely N-dealkylation sites (N-methyl/N-ethyl adjacent to an activating group) is 1. The van der Waals surface area contributed by atoms with Gasteiger partial charge in [-0.25, -0.2) is 4.39 Å². The van der Waals surface area contributed by atoms with E-state index >= 15 is 0 Å². The van der Waals surface area contributed by atoms with E-state index in [1.54, 1.807) is 12.1 Å². The summed E-state index contributed by atoms with van der Waals surface area (Å²) >= 11 is 0. The van der Waals surface area contributed by atoms with Crippen LogP contribution in [0.3, 0.4) is 0 Å². The second-order valence-corrected chi connectivity index (χ2v) is 4.30. The first kappa shape index (κ1) is 13.0. The molecule has 1 aromatic rings. The molecule has 1 unspecified atom stereocenters. The average Bonchev–Trinajstić information content (AvgIpc) is 2.25. The van der Waals surface area contributed by atoms with Crippen molar-refractivity contribution < 1.29 is 9.13 Å². The van der Waals surface area contributed by atoms with Crippen LogP contribution in [0.5, 0.6) is 5.75 Å². The lowest BCUT2D eigenvalue weighted by molar-refractivity contribution is 0.384. The maximum Gasteiger partial charge on any atom is 0.165 e. The molecule has 1 rings (SSSR count). The number of benzene rings is 1. The van der Waals surface area contributed by atoms with Crippen LogP contribution in [-0.2, 0) is 0 Å². The zero-order valence-corrected chi connectivity index (χ0v) is 10.4. The molecule has 0 amide bonds. The van der Waals surface area contributed by atoms with E-state index in [1.807, 2.05) is 13.1 Å². The Hall–Kier alpha value is -1.09. The topological polar surface area (TPSA) is 21.3 Å². The Morgan fingerprint density at radius 1 is 1.38 bits per heavy atom. The molecule has 3 heteroatoms. The molecule has 0 bridgehead atoms. The van der Waals surface area contributed by atoms with Crippen LogP contribution < -0.4 is 10.1 Å². The van der Waals surface area contributed by atoms with Crippen molar-refractivity contribution in [2.75, 3.05) is 20.7 Å². The van der Waals surface area contributed by atoms with Crippen molar-refractivity contribution in [3.8, 4) is 5.75 Å². The van der Waals surface area contributed by atoms with Gasteiger partial charge in [-0.05, 0) is 36.6 Å². The number of hydrogen-bond acceptors (Lipinski definition) is 2. The Kier molecular flexibility index (Phi) is 4.74. The molecule has 1 atom stereocenters. The Morgan fingerprint density at radius 2 is 2.06 bits per heavy atom. The molecule has 0 saturated heterocycles. The van der Waals surface area contributed by atoms with Gasteiger partial charge in [0.1, 0.15) is 0 Å². The fraction of sp³-hybridized carbons (Fsp3) is 0.538. The van der Waals surface area contributed by atoms with E-state index in [2.05, 4.69) is 19.2 Å². The highest BCUT2D eigenvalue weighted by atomic mass is 19.1. The molecular formula is C13H20FNO. The SMILES string of the molecule is CNCC(c1ccc(OC)c(F)c1)C(C)C. The maximum atomic E-state index is 13.6. The summed E-state index contributed by atoms with van der Waals surface area (Å²) in [5.74, 6) is 0.808. The van der Waals surface area contributed by atoms with E-state index in [1.165, 1.54) is 7.11 Å². The summed E-state index contributed by atoms with van der Waals surface area (Å²) in [5.41, 5.74) is 1.02. The first-order valence-corrected chi connectivity index (χ1v) is 5.58. The summed E-state index contributed by atoms with van der Waals surface area (Å²) in [6.45, 7) is 5.14. The van der Waals surface area contributed by atoms with Crippen molar-refractivity contribution in [2.45, 2.75) is 19.8 Å². The molecule has 0 radical (unpaired) electrons. The Balaban J connectivity index is 2.97. The minimum atomic E-state index is -0.290. The van der Waals surface area contributed by atoms with Crippen LogP contribution in [0.2, 0.25) is 0 Å². The van der Waals surface area contributed by atoms with Crippen LogP contribution in [0.4, 0.5) is 4.39 Å². The van der Waals surface area contributed by atoms with E-state index in [0.29, 0.717) is 17.6 Å². The molecule has 16 heavy (non-hydrogen) atoms. The number of rotatable bonds is 5. The van der Waals surface area contributed by atoms with Crippen LogP contribution >= 0.6 is 0 Å². The van der Waals surface area contributed by atoms with Crippen LogP contribution in [0, 0.1) is 11.7 Å². The largest absolute Gasteiger partial charge is 0.494 e. The predicted molar refractivity (Wildman–Crippen MR) is 64.5 cm³/mol. The smallest absolute Gasteiger partial charge is 0.165 e. The zero-order valence-electron chi connectivity index (χ0n) is 10.4. The third kappa shape index (κ3) is 2.95. The van der Waals surface area contributed by atoms with E-state index in [0.717, 1.165) is 12.1 Å². The summed E-state index contributed by atoms with van der Waals surface area (Å²) < 4.78 is 18.5. The van der Waals surface area contributed by atoms with Gasteiger partial charge in [0, 0.05) is 6.54 Å². The maximum absolute atomic E-state index is 13.6. The van der Waals surface area contributed by atoms with Gasteiger partial charge in [0.2, 0.25) is 0 Å². The molecule has 1 aromatic carbocycles. The lowest BCUT2D eigenvalue weighted by Gasteiger charge is -2.21. The fourth-order valence-corrected chi connectivity index (χ4v) is 1.87. The monoisotopic (exact) mass is 225 g/mol. The van der Waals surface area contributed by atoms with Crippen molar-refractivity contribution in [3.05, 3.63) is 29.6 Å². The van der Waals surface area contributed by atoms with Gasteiger partial charge in [0.15, 0.2) is 11.6 Å². The predicted octanol–water partition coefficient (Wildman–Crippen LogP) is 2.79. The summed E-state index contributed by atoms with van der Waals surface area (Å²) in [6, 6.07) is 5.19. The van der Waals surface area contributed by atoms with Crippen LogP contribution in [-0.4, -0.2) is 20.7 Å². The first-order chi connectivity index (χ1) is 7.60. The number of halogens is 1. The summed E-state index contributed by atoms with van der Waals surface area (Å²) in [4.78, 5) is 0. The molecule has 2 nitrogen and oxygen atoms in total. The van der Waals surface area contributed by atoms with Gasteiger partial charge in [-0.3, -0.25) is 0 Å². The number of ether oxygens (including phenoxy) is 1. The molecular weight excluding hydrogens is 205 g/mol. The fourth-order valence-electron chi connectivity index (χ4n) is 1.87. The number of hydrogen-bond donors (Lipinski definition) is 1. The molecule has 1 N–H and O–H groups in total. The standard InChI is InChI=1S/C13H20FNO/c1-9(2)11(8-15-3)10-5-6-13(16-4)12(14)7-10/h5-7,9,11,15H,8H2,1-4H3. The van der Waals surface area contributed by atoms with Crippen LogP contribution in [0.1, 0.15) is 25.3 Å². The Bertz CT molecular complexity index is 339. The van der Waals surface area contributed by atoms with E-state index in [-0.39, 0.29) is 5.82 Å². The van der Waals surface area contributed by atoms with E-state index < -0.39 is 0 Å². The second kappa shape index (κ2) is 5.85. The van der Waals surface area contributed by atoms with E-state index in [4.69, 9.17) is 4.74 Å². The molecule has 0 aliphatic heterocycles. The normalized spacial score (nSPS) is 12.9. The van der Waals surface area contributed by atoms with Crippen molar-refractivity contribution in [1.29, 1.82) is 0 Å². The lowest BCUT2D eigenvalue weighted by Crippen LogP contribution is -2.21. The Labute approximate surface area is 96.8 Å². The quantitative estimate of drug-likeness (QED) is 0.832. The molecule has 0 spiro atoms. The minimum absolute atomic E-state index is 0.290. The van der Waals surface area contributed by atoms with Crippen molar-refractivity contribution in [2.24, 2.45) is 5.92 Å².